The number of pyridine rings is 2. The van der Waals surface area contributed by atoms with Gasteiger partial charge in [-0.2, -0.15) is 4.52 Å². The van der Waals surface area contributed by atoms with Crippen molar-refractivity contribution in [1.82, 2.24) is 29.0 Å². The van der Waals surface area contributed by atoms with Crippen LogP contribution in [-0.4, -0.2) is 35.5 Å². The largest absolute Gasteiger partial charge is 0.350 e. The second-order valence-electron chi connectivity index (χ2n) is 8.27. The number of aromatic nitrogens is 6. The summed E-state index contributed by atoms with van der Waals surface area (Å²) in [5.41, 5.74) is 7.48. The van der Waals surface area contributed by atoms with Gasteiger partial charge in [-0.05, 0) is 49.2 Å². The molecule has 1 aliphatic heterocycles. The maximum atomic E-state index is 12.4. The lowest BCUT2D eigenvalue weighted by Crippen LogP contribution is -2.33. The first kappa shape index (κ1) is 18.7. The highest BCUT2D eigenvalue weighted by Gasteiger charge is 2.21. The van der Waals surface area contributed by atoms with Crippen molar-refractivity contribution in [3.63, 3.8) is 0 Å². The van der Waals surface area contributed by atoms with E-state index in [0.29, 0.717) is 17.9 Å². The standard InChI is InChI=1S/C24H21N7O/c1-15-9-22-27-16(2)10-23(32)31(22)28-24(15)30-7-5-20-19(14-30)11-18(12-26-20)17-3-4-21-25-6-8-29(21)13-17/h3-4,6,8-13H,5,7,14H2,1-2H3. The van der Waals surface area contributed by atoms with Crippen LogP contribution in [0.4, 0.5) is 5.82 Å². The van der Waals surface area contributed by atoms with Gasteiger partial charge in [-0.15, -0.1) is 5.10 Å². The van der Waals surface area contributed by atoms with Gasteiger partial charge in [0.15, 0.2) is 11.5 Å². The maximum absolute atomic E-state index is 12.4. The number of hydrogen-bond acceptors (Lipinski definition) is 6. The third kappa shape index (κ3) is 3.03. The summed E-state index contributed by atoms with van der Waals surface area (Å²) in [5, 5.41) is 4.66. The molecule has 0 fully saturated rings. The number of rotatable bonds is 2. The smallest absolute Gasteiger partial charge is 0.274 e. The Kier molecular flexibility index (Phi) is 4.07. The van der Waals surface area contributed by atoms with Crippen molar-refractivity contribution in [3.8, 4) is 11.1 Å². The van der Waals surface area contributed by atoms with E-state index >= 15 is 0 Å². The summed E-state index contributed by atoms with van der Waals surface area (Å²) in [6.07, 6.45) is 8.58. The minimum Gasteiger partial charge on any atom is -0.350 e. The van der Waals surface area contributed by atoms with Gasteiger partial charge in [-0.25, -0.2) is 9.97 Å². The molecule has 6 rings (SSSR count). The second kappa shape index (κ2) is 6.98. The van der Waals surface area contributed by atoms with Crippen LogP contribution in [0.1, 0.15) is 22.5 Å². The molecule has 5 aromatic rings. The maximum Gasteiger partial charge on any atom is 0.274 e. The predicted octanol–water partition coefficient (Wildman–Crippen LogP) is 2.98. The number of nitrogens with zero attached hydrogens (tertiary/aromatic N) is 7. The molecule has 0 atom stereocenters. The van der Waals surface area contributed by atoms with Crippen LogP contribution < -0.4 is 10.5 Å². The van der Waals surface area contributed by atoms with E-state index in [9.17, 15) is 4.79 Å². The fraction of sp³-hybridized carbons (Fsp3) is 0.208. The van der Waals surface area contributed by atoms with Gasteiger partial charge in [-0.3, -0.25) is 9.78 Å². The first-order valence-electron chi connectivity index (χ1n) is 10.6. The van der Waals surface area contributed by atoms with Gasteiger partial charge in [0.1, 0.15) is 5.65 Å². The molecular weight excluding hydrogens is 402 g/mol. The highest BCUT2D eigenvalue weighted by Crippen LogP contribution is 2.28. The van der Waals surface area contributed by atoms with E-state index in [0.717, 1.165) is 46.8 Å². The molecule has 158 valence electrons. The fourth-order valence-electron chi connectivity index (χ4n) is 4.41. The molecule has 32 heavy (non-hydrogen) atoms. The normalized spacial score (nSPS) is 13.6. The van der Waals surface area contributed by atoms with Gasteiger partial charge in [-0.1, -0.05) is 0 Å². The molecule has 5 aromatic heterocycles. The van der Waals surface area contributed by atoms with Gasteiger partial charge in [0.25, 0.3) is 5.56 Å². The van der Waals surface area contributed by atoms with E-state index in [-0.39, 0.29) is 5.56 Å². The Labute approximate surface area is 183 Å². The van der Waals surface area contributed by atoms with Gasteiger partial charge >= 0.3 is 0 Å². The Morgan fingerprint density at radius 1 is 1.00 bits per heavy atom. The molecule has 8 heteroatoms. The van der Waals surface area contributed by atoms with Crippen molar-refractivity contribution in [3.05, 3.63) is 88.0 Å². The Hall–Kier alpha value is -4.07. The quantitative estimate of drug-likeness (QED) is 0.434. The molecule has 8 nitrogen and oxygen atoms in total. The summed E-state index contributed by atoms with van der Waals surface area (Å²) in [4.78, 5) is 28.2. The van der Waals surface area contributed by atoms with Gasteiger partial charge in [0.2, 0.25) is 0 Å². The number of anilines is 1. The number of hydrogen-bond donors (Lipinski definition) is 0. The summed E-state index contributed by atoms with van der Waals surface area (Å²) in [6, 6.07) is 9.74. The fourth-order valence-corrected chi connectivity index (χ4v) is 4.41. The summed E-state index contributed by atoms with van der Waals surface area (Å²) in [6.45, 7) is 5.33. The lowest BCUT2D eigenvalue weighted by atomic mass is 10.0. The molecule has 0 aromatic carbocycles. The lowest BCUT2D eigenvalue weighted by molar-refractivity contribution is 0.685. The monoisotopic (exact) mass is 423 g/mol. The minimum atomic E-state index is -0.162. The van der Waals surface area contributed by atoms with E-state index in [1.54, 1.807) is 6.20 Å². The van der Waals surface area contributed by atoms with Crippen LogP contribution >= 0.6 is 0 Å². The minimum absolute atomic E-state index is 0.162. The van der Waals surface area contributed by atoms with E-state index in [1.807, 2.05) is 42.8 Å². The summed E-state index contributed by atoms with van der Waals surface area (Å²) in [7, 11) is 0. The third-order valence-electron chi connectivity index (χ3n) is 6.00. The van der Waals surface area contributed by atoms with Crippen LogP contribution in [0.3, 0.4) is 0 Å². The molecule has 0 spiro atoms. The molecule has 6 heterocycles. The van der Waals surface area contributed by atoms with Crippen molar-refractivity contribution in [2.24, 2.45) is 0 Å². The topological polar surface area (TPSA) is 80.7 Å². The Morgan fingerprint density at radius 2 is 1.91 bits per heavy atom. The molecule has 0 saturated carbocycles. The average molecular weight is 423 g/mol. The van der Waals surface area contributed by atoms with Crippen LogP contribution in [0.15, 0.2) is 59.9 Å². The number of aryl methyl sites for hydroxylation is 2. The highest BCUT2D eigenvalue weighted by molar-refractivity contribution is 5.65. The molecule has 0 N–H and O–H groups in total. The zero-order valence-electron chi connectivity index (χ0n) is 17.9. The Morgan fingerprint density at radius 3 is 2.81 bits per heavy atom. The van der Waals surface area contributed by atoms with Crippen molar-refractivity contribution in [2.45, 2.75) is 26.8 Å². The van der Waals surface area contributed by atoms with E-state index < -0.39 is 0 Å². The van der Waals surface area contributed by atoms with Crippen LogP contribution in [0, 0.1) is 13.8 Å². The Balaban J connectivity index is 1.38. The van der Waals surface area contributed by atoms with E-state index in [2.05, 4.69) is 38.3 Å². The van der Waals surface area contributed by atoms with Crippen molar-refractivity contribution in [2.75, 3.05) is 11.4 Å². The summed E-state index contributed by atoms with van der Waals surface area (Å²) < 4.78 is 3.40. The first-order chi connectivity index (χ1) is 15.5. The molecule has 0 aliphatic carbocycles. The predicted molar refractivity (Wildman–Crippen MR) is 122 cm³/mol. The molecule has 0 unspecified atom stereocenters. The van der Waals surface area contributed by atoms with Crippen LogP contribution in [0.2, 0.25) is 0 Å². The molecule has 0 bridgehead atoms. The number of fused-ring (bicyclic) bond motifs is 3. The van der Waals surface area contributed by atoms with Crippen molar-refractivity contribution < 1.29 is 0 Å². The van der Waals surface area contributed by atoms with Gasteiger partial charge < -0.3 is 9.30 Å². The number of imidazole rings is 1. The van der Waals surface area contributed by atoms with Crippen LogP contribution in [0.5, 0.6) is 0 Å². The van der Waals surface area contributed by atoms with Crippen LogP contribution in [-0.2, 0) is 13.0 Å². The third-order valence-corrected chi connectivity index (χ3v) is 6.00. The van der Waals surface area contributed by atoms with E-state index in [1.165, 1.54) is 16.1 Å². The summed E-state index contributed by atoms with van der Waals surface area (Å²) >= 11 is 0. The molecular formula is C24H21N7O. The van der Waals surface area contributed by atoms with E-state index in [4.69, 9.17) is 4.98 Å². The van der Waals surface area contributed by atoms with Crippen molar-refractivity contribution >= 4 is 17.1 Å². The van der Waals surface area contributed by atoms with Gasteiger partial charge in [0, 0.05) is 72.9 Å². The zero-order valence-corrected chi connectivity index (χ0v) is 17.9. The molecule has 1 aliphatic rings. The highest BCUT2D eigenvalue weighted by atomic mass is 16.1. The summed E-state index contributed by atoms with van der Waals surface area (Å²) in [5.74, 6) is 0.807. The zero-order chi connectivity index (χ0) is 21.8. The molecule has 0 amide bonds. The average Bonchev–Trinajstić information content (AvgIpc) is 3.26. The van der Waals surface area contributed by atoms with Crippen molar-refractivity contribution in [1.29, 1.82) is 0 Å². The Bertz CT molecular complexity index is 1570. The van der Waals surface area contributed by atoms with Gasteiger partial charge in [0.05, 0.1) is 0 Å². The lowest BCUT2D eigenvalue weighted by Gasteiger charge is -2.30. The first-order valence-corrected chi connectivity index (χ1v) is 10.6. The SMILES string of the molecule is Cc1cc(=O)n2nc(N3CCc4ncc(-c5ccc6nccn6c5)cc4C3)c(C)cc2n1. The molecule has 0 radical (unpaired) electrons. The molecule has 0 saturated heterocycles. The second-order valence-corrected chi connectivity index (χ2v) is 8.27. The van der Waals surface area contributed by atoms with Crippen LogP contribution in [0.25, 0.3) is 22.4 Å².